The topological polar surface area (TPSA) is 81.5 Å². The van der Waals surface area contributed by atoms with Gasteiger partial charge in [0.25, 0.3) is 0 Å². The van der Waals surface area contributed by atoms with Gasteiger partial charge in [-0.05, 0) is 55.3 Å². The van der Waals surface area contributed by atoms with E-state index in [4.69, 9.17) is 14.5 Å². The summed E-state index contributed by atoms with van der Waals surface area (Å²) >= 11 is 1.53. The second kappa shape index (κ2) is 11.2. The van der Waals surface area contributed by atoms with E-state index in [0.717, 1.165) is 63.4 Å². The predicted molar refractivity (Wildman–Crippen MR) is 140 cm³/mol. The van der Waals surface area contributed by atoms with E-state index in [1.807, 2.05) is 72.1 Å². The summed E-state index contributed by atoms with van der Waals surface area (Å²) < 4.78 is 13.8. The van der Waals surface area contributed by atoms with E-state index in [9.17, 15) is 4.79 Å². The minimum absolute atomic E-state index is 0.0662. The van der Waals surface area contributed by atoms with E-state index < -0.39 is 0 Å². The summed E-state index contributed by atoms with van der Waals surface area (Å²) in [6.45, 7) is 5.51. The zero-order valence-corrected chi connectivity index (χ0v) is 21.4. The first-order valence-corrected chi connectivity index (χ1v) is 12.5. The van der Waals surface area contributed by atoms with E-state index in [1.165, 1.54) is 11.3 Å². The molecule has 0 radical (unpaired) electrons. The zero-order chi connectivity index (χ0) is 24.8. The van der Waals surface area contributed by atoms with E-state index in [2.05, 4.69) is 17.3 Å². The van der Waals surface area contributed by atoms with Gasteiger partial charge in [-0.1, -0.05) is 36.8 Å². The van der Waals surface area contributed by atoms with Gasteiger partial charge in [0.15, 0.2) is 10.8 Å². The molecule has 2 aromatic heterocycles. The van der Waals surface area contributed by atoms with Crippen LogP contribution in [0.4, 0.5) is 5.13 Å². The quantitative estimate of drug-likeness (QED) is 0.304. The fourth-order valence-electron chi connectivity index (χ4n) is 3.57. The Morgan fingerprint density at radius 2 is 1.83 bits per heavy atom. The number of nitrogens with zero attached hydrogens (tertiary/aromatic N) is 4. The van der Waals surface area contributed by atoms with Crippen LogP contribution in [0.3, 0.4) is 0 Å². The predicted octanol–water partition coefficient (Wildman–Crippen LogP) is 4.73. The molecule has 184 valence electrons. The molecule has 2 heterocycles. The number of likely N-dealkylation sites (N-methyl/N-ethyl adjacent to an activating group) is 1. The number of aryl methyl sites for hydroxylation is 1. The molecule has 2 aromatic carbocycles. The number of hydrogen-bond donors (Lipinski definition) is 1. The minimum atomic E-state index is -0.0662. The van der Waals surface area contributed by atoms with Gasteiger partial charge >= 0.3 is 0 Å². The molecule has 0 fully saturated rings. The number of nitrogens with one attached hydrogen (secondary N) is 1. The maximum Gasteiger partial charge on any atom is 0.239 e. The Balaban J connectivity index is 1.36. The van der Waals surface area contributed by atoms with E-state index >= 15 is 0 Å². The number of hydrogen-bond acceptors (Lipinski definition) is 7. The van der Waals surface area contributed by atoms with Crippen molar-refractivity contribution in [3.05, 3.63) is 59.8 Å². The lowest BCUT2D eigenvalue weighted by Gasteiger charge is -2.15. The van der Waals surface area contributed by atoms with E-state index in [0.29, 0.717) is 6.54 Å². The Morgan fingerprint density at radius 1 is 1.11 bits per heavy atom. The number of benzene rings is 2. The molecule has 4 aromatic rings. The van der Waals surface area contributed by atoms with Gasteiger partial charge in [-0.25, -0.2) is 4.68 Å². The number of carbonyl (C=O) groups is 1. The molecule has 0 saturated carbocycles. The highest BCUT2D eigenvalue weighted by Gasteiger charge is 2.18. The fraction of sp³-hybridized carbons (Fsp3) is 0.346. The number of fused-ring (bicyclic) bond motifs is 1. The number of amides is 1. The Hall–Kier alpha value is -3.59. The molecule has 0 spiro atoms. The molecule has 0 bridgehead atoms. The zero-order valence-electron chi connectivity index (χ0n) is 20.6. The summed E-state index contributed by atoms with van der Waals surface area (Å²) in [5.41, 5.74) is 3.61. The maximum absolute atomic E-state index is 12.6. The Bertz CT molecular complexity index is 1260. The van der Waals surface area contributed by atoms with Crippen LogP contribution in [0.15, 0.2) is 48.5 Å². The Kier molecular flexibility index (Phi) is 7.87. The lowest BCUT2D eigenvalue weighted by Crippen LogP contribution is -2.34. The third-order valence-corrected chi connectivity index (χ3v) is 6.85. The van der Waals surface area contributed by atoms with Gasteiger partial charge in [-0.3, -0.25) is 4.79 Å². The highest BCUT2D eigenvalue weighted by Crippen LogP contribution is 2.32. The number of ether oxygens (including phenoxy) is 2. The molecule has 0 aliphatic heterocycles. The molecule has 0 atom stereocenters. The molecule has 1 N–H and O–H groups in total. The van der Waals surface area contributed by atoms with Crippen molar-refractivity contribution >= 4 is 32.7 Å². The maximum atomic E-state index is 12.6. The van der Waals surface area contributed by atoms with Gasteiger partial charge in [0.05, 0.1) is 36.3 Å². The van der Waals surface area contributed by atoms with Crippen LogP contribution < -0.4 is 19.7 Å². The summed E-state index contributed by atoms with van der Waals surface area (Å²) in [7, 11) is 3.52. The molecular weight excluding hydrogens is 462 g/mol. The highest BCUT2D eigenvalue weighted by molar-refractivity contribution is 7.22. The van der Waals surface area contributed by atoms with Crippen LogP contribution >= 0.6 is 11.3 Å². The van der Waals surface area contributed by atoms with Gasteiger partial charge in [0.1, 0.15) is 11.5 Å². The summed E-state index contributed by atoms with van der Waals surface area (Å²) in [6, 6.07) is 15.5. The second-order valence-electron chi connectivity index (χ2n) is 8.32. The standard InChI is InChI=1S/C26H31N5O3S/c1-5-6-15-34-22-11-7-19(8-12-22)16-27-23(32)17-30(3)26-28-25-24(35-26)18(2)29-31(25)20-9-13-21(33-4)14-10-20/h7-14H,5-6,15-17H2,1-4H3,(H,27,32). The summed E-state index contributed by atoms with van der Waals surface area (Å²) in [5, 5.41) is 8.40. The molecule has 0 aliphatic rings. The Labute approximate surface area is 209 Å². The van der Waals surface area contributed by atoms with Crippen LogP contribution in [-0.2, 0) is 11.3 Å². The molecule has 0 aliphatic carbocycles. The van der Waals surface area contributed by atoms with Crippen LogP contribution in [0.25, 0.3) is 16.0 Å². The monoisotopic (exact) mass is 493 g/mol. The van der Waals surface area contributed by atoms with Crippen molar-refractivity contribution in [3.63, 3.8) is 0 Å². The normalized spacial score (nSPS) is 11.0. The molecule has 9 heteroatoms. The van der Waals surface area contributed by atoms with E-state index in [-0.39, 0.29) is 12.5 Å². The molecular formula is C26H31N5O3S. The first-order chi connectivity index (χ1) is 17.0. The number of anilines is 1. The Morgan fingerprint density at radius 3 is 2.51 bits per heavy atom. The number of unbranched alkanes of at least 4 members (excludes halogenated alkanes) is 1. The van der Waals surface area contributed by atoms with Gasteiger partial charge in [0.2, 0.25) is 5.91 Å². The number of rotatable bonds is 11. The number of thiazole rings is 1. The largest absolute Gasteiger partial charge is 0.497 e. The second-order valence-corrected chi connectivity index (χ2v) is 9.30. The van der Waals surface area contributed by atoms with Gasteiger partial charge < -0.3 is 19.7 Å². The number of carbonyl (C=O) groups excluding carboxylic acids is 1. The van der Waals surface area contributed by atoms with Gasteiger partial charge in [-0.2, -0.15) is 10.1 Å². The average molecular weight is 494 g/mol. The van der Waals surface area contributed by atoms with Gasteiger partial charge in [0, 0.05) is 13.6 Å². The SMILES string of the molecule is CCCCOc1ccc(CNC(=O)CN(C)c2nc3c(s2)c(C)nn3-c2ccc(OC)cc2)cc1. The number of aromatic nitrogens is 3. The average Bonchev–Trinajstić information content (AvgIpc) is 3.44. The first kappa shape index (κ1) is 24.5. The van der Waals surface area contributed by atoms with Crippen molar-refractivity contribution in [2.45, 2.75) is 33.2 Å². The van der Waals surface area contributed by atoms with Crippen molar-refractivity contribution in [2.75, 3.05) is 32.2 Å². The molecule has 0 unspecified atom stereocenters. The van der Waals surface area contributed by atoms with Crippen LogP contribution in [0, 0.1) is 6.92 Å². The minimum Gasteiger partial charge on any atom is -0.497 e. The summed E-state index contributed by atoms with van der Waals surface area (Å²) in [4.78, 5) is 19.2. The third kappa shape index (κ3) is 5.92. The van der Waals surface area contributed by atoms with Gasteiger partial charge in [-0.15, -0.1) is 0 Å². The van der Waals surface area contributed by atoms with Crippen LogP contribution in [0.2, 0.25) is 0 Å². The fourth-order valence-corrected chi connectivity index (χ4v) is 4.51. The van der Waals surface area contributed by atoms with Crippen LogP contribution in [0.5, 0.6) is 11.5 Å². The molecule has 35 heavy (non-hydrogen) atoms. The smallest absolute Gasteiger partial charge is 0.239 e. The third-order valence-electron chi connectivity index (χ3n) is 5.58. The van der Waals surface area contributed by atoms with Crippen LogP contribution in [-0.4, -0.2) is 48.0 Å². The van der Waals surface area contributed by atoms with Crippen molar-refractivity contribution in [3.8, 4) is 17.2 Å². The lowest BCUT2D eigenvalue weighted by atomic mass is 10.2. The molecule has 1 amide bonds. The first-order valence-electron chi connectivity index (χ1n) is 11.7. The highest BCUT2D eigenvalue weighted by atomic mass is 32.1. The lowest BCUT2D eigenvalue weighted by molar-refractivity contribution is -0.119. The number of methoxy groups -OCH3 is 1. The van der Waals surface area contributed by atoms with Crippen molar-refractivity contribution in [1.29, 1.82) is 0 Å². The van der Waals surface area contributed by atoms with Crippen molar-refractivity contribution in [1.82, 2.24) is 20.1 Å². The molecule has 8 nitrogen and oxygen atoms in total. The molecule has 0 saturated heterocycles. The van der Waals surface area contributed by atoms with Crippen LogP contribution in [0.1, 0.15) is 31.0 Å². The molecule has 4 rings (SSSR count). The van der Waals surface area contributed by atoms with Crippen molar-refractivity contribution < 1.29 is 14.3 Å². The summed E-state index contributed by atoms with van der Waals surface area (Å²) in [5.74, 6) is 1.57. The van der Waals surface area contributed by atoms with E-state index in [1.54, 1.807) is 7.11 Å². The van der Waals surface area contributed by atoms with Crippen molar-refractivity contribution in [2.24, 2.45) is 0 Å². The summed E-state index contributed by atoms with van der Waals surface area (Å²) in [6.07, 6.45) is 2.15.